The second-order valence-corrected chi connectivity index (χ2v) is 13.5. The number of anilines is 2. The fraction of sp³-hybridized carbons (Fsp3) is 0.167. The molecular weight excluding hydrogens is 813 g/mol. The van der Waals surface area contributed by atoms with Crippen LogP contribution >= 0.6 is 0 Å². The fourth-order valence-corrected chi connectivity index (χ4v) is 6.49. The van der Waals surface area contributed by atoms with Crippen LogP contribution in [0.5, 0.6) is 51.7 Å². The summed E-state index contributed by atoms with van der Waals surface area (Å²) in [6.45, 7) is 1.90. The lowest BCUT2D eigenvalue weighted by Crippen LogP contribution is -2.13. The van der Waals surface area contributed by atoms with Crippen LogP contribution < -0.4 is 53.3 Å². The second-order valence-electron chi connectivity index (χ2n) is 13.5. The van der Waals surface area contributed by atoms with E-state index in [1.165, 1.54) is 110 Å². The van der Waals surface area contributed by atoms with E-state index in [0.29, 0.717) is 51.2 Å². The first kappa shape index (κ1) is 44.4. The zero-order valence-corrected chi connectivity index (χ0v) is 35.7. The van der Waals surface area contributed by atoms with E-state index in [-0.39, 0.29) is 40.0 Å². The highest BCUT2D eigenvalue weighted by Gasteiger charge is 2.22. The molecule has 0 heterocycles. The van der Waals surface area contributed by atoms with Crippen LogP contribution in [0.3, 0.4) is 0 Å². The quantitative estimate of drug-likeness (QED) is 0.0700. The molecule has 0 fully saturated rings. The Morgan fingerprint density at radius 1 is 0.381 bits per heavy atom. The van der Waals surface area contributed by atoms with Gasteiger partial charge in [0.25, 0.3) is 11.8 Å². The lowest BCUT2D eigenvalue weighted by Gasteiger charge is -2.15. The van der Waals surface area contributed by atoms with E-state index in [1.807, 2.05) is 25.1 Å². The Morgan fingerprint density at radius 2 is 0.746 bits per heavy atom. The molecule has 0 bridgehead atoms. The van der Waals surface area contributed by atoms with Crippen molar-refractivity contribution in [3.63, 3.8) is 0 Å². The molecule has 2 N–H and O–H groups in total. The minimum Gasteiger partial charge on any atom is -0.496 e. The number of carbonyl (C=O) groups is 4. The third kappa shape index (κ3) is 10.1. The molecule has 6 rings (SSSR count). The van der Waals surface area contributed by atoms with Crippen LogP contribution in [0.15, 0.2) is 109 Å². The van der Waals surface area contributed by atoms with Crippen molar-refractivity contribution in [1.29, 1.82) is 0 Å². The van der Waals surface area contributed by atoms with Crippen molar-refractivity contribution in [3.05, 3.63) is 137 Å². The van der Waals surface area contributed by atoms with Crippen molar-refractivity contribution < 1.29 is 61.8 Å². The Balaban J connectivity index is 1.07. The number of hydrogen-bond acceptors (Lipinski definition) is 13. The standard InChI is InChI=1S/C48H44N2O13/c1-27-21-30(49-45(51)28-9-15-32(16-10-28)62-47(53)36-23-41(58-5)43(60-7)25-39(36)56-3)13-19-34(27)35-20-14-31(22-38(35)55-2)50-46(52)29-11-17-33(18-12-29)63-48(54)37-24-42(59-6)44(61-8)26-40(37)57-4/h9-26H,1-8H3,(H,49,51)(H,50,52). The Bertz CT molecular complexity index is 2660. The zero-order chi connectivity index (χ0) is 45.2. The molecule has 0 aliphatic rings. The van der Waals surface area contributed by atoms with Gasteiger partial charge in [0.2, 0.25) is 0 Å². The fourth-order valence-electron chi connectivity index (χ4n) is 6.49. The highest BCUT2D eigenvalue weighted by molar-refractivity contribution is 6.06. The van der Waals surface area contributed by atoms with Crippen LogP contribution in [0.4, 0.5) is 11.4 Å². The maximum absolute atomic E-state index is 13.2. The van der Waals surface area contributed by atoms with Gasteiger partial charge in [-0.3, -0.25) is 9.59 Å². The first-order chi connectivity index (χ1) is 30.4. The third-order valence-corrected chi connectivity index (χ3v) is 9.74. The lowest BCUT2D eigenvalue weighted by atomic mass is 9.98. The third-order valence-electron chi connectivity index (χ3n) is 9.74. The maximum atomic E-state index is 13.2. The van der Waals surface area contributed by atoms with Crippen LogP contribution in [0.1, 0.15) is 47.0 Å². The average molecular weight is 857 g/mol. The number of hydrogen-bond donors (Lipinski definition) is 2. The van der Waals surface area contributed by atoms with Gasteiger partial charge in [-0.1, -0.05) is 6.07 Å². The number of ether oxygens (including phenoxy) is 9. The summed E-state index contributed by atoms with van der Waals surface area (Å²) in [4.78, 5) is 52.5. The number of nitrogens with one attached hydrogen (secondary N) is 2. The number of carbonyl (C=O) groups excluding carboxylic acids is 4. The minimum atomic E-state index is -0.688. The first-order valence-electron chi connectivity index (χ1n) is 19.1. The van der Waals surface area contributed by atoms with Gasteiger partial charge in [0, 0.05) is 58.4 Å². The molecular formula is C48H44N2O13. The van der Waals surface area contributed by atoms with Crippen LogP contribution in [-0.4, -0.2) is 73.5 Å². The van der Waals surface area contributed by atoms with Gasteiger partial charge in [0.15, 0.2) is 23.0 Å². The second kappa shape index (κ2) is 19.9. The molecule has 0 saturated carbocycles. The molecule has 0 aliphatic carbocycles. The van der Waals surface area contributed by atoms with Gasteiger partial charge in [-0.2, -0.15) is 0 Å². The number of benzene rings is 6. The van der Waals surface area contributed by atoms with Gasteiger partial charge in [-0.25, -0.2) is 9.59 Å². The highest BCUT2D eigenvalue weighted by Crippen LogP contribution is 2.38. The summed E-state index contributed by atoms with van der Waals surface area (Å²) in [6, 6.07) is 29.0. The molecule has 324 valence electrons. The van der Waals surface area contributed by atoms with Crippen molar-refractivity contribution in [2.24, 2.45) is 0 Å². The molecule has 2 amide bonds. The Kier molecular flexibility index (Phi) is 14.0. The Morgan fingerprint density at radius 3 is 1.13 bits per heavy atom. The predicted octanol–water partition coefficient (Wildman–Crippen LogP) is 8.67. The van der Waals surface area contributed by atoms with Gasteiger partial charge in [0.05, 0.1) is 49.8 Å². The SMILES string of the molecule is COc1cc(OC)c(C(=O)Oc2ccc(C(=O)Nc3ccc(-c4ccc(NC(=O)c5ccc(OC(=O)c6cc(OC)c(OC)cc6OC)cc5)cc4OC)c(C)c3)cc2)cc1OC. The van der Waals surface area contributed by atoms with Gasteiger partial charge >= 0.3 is 11.9 Å². The number of rotatable bonds is 16. The van der Waals surface area contributed by atoms with Crippen molar-refractivity contribution in [1.82, 2.24) is 0 Å². The topological polar surface area (TPSA) is 175 Å². The summed E-state index contributed by atoms with van der Waals surface area (Å²) in [6.07, 6.45) is 0. The van der Waals surface area contributed by atoms with Gasteiger partial charge in [-0.05, 0) is 90.8 Å². The van der Waals surface area contributed by atoms with E-state index in [1.54, 1.807) is 30.3 Å². The molecule has 0 saturated heterocycles. The molecule has 0 aromatic heterocycles. The molecule has 0 unspecified atom stereocenters. The van der Waals surface area contributed by atoms with E-state index < -0.39 is 17.8 Å². The molecule has 0 spiro atoms. The van der Waals surface area contributed by atoms with E-state index in [2.05, 4.69) is 10.6 Å². The van der Waals surface area contributed by atoms with Crippen LogP contribution in [-0.2, 0) is 0 Å². The van der Waals surface area contributed by atoms with Crippen molar-refractivity contribution in [2.45, 2.75) is 6.92 Å². The first-order valence-corrected chi connectivity index (χ1v) is 19.1. The van der Waals surface area contributed by atoms with E-state index >= 15 is 0 Å². The van der Waals surface area contributed by atoms with Crippen molar-refractivity contribution in [3.8, 4) is 62.9 Å². The van der Waals surface area contributed by atoms with E-state index in [9.17, 15) is 19.2 Å². The van der Waals surface area contributed by atoms with Gasteiger partial charge in [-0.15, -0.1) is 0 Å². The summed E-state index contributed by atoms with van der Waals surface area (Å²) >= 11 is 0. The van der Waals surface area contributed by atoms with E-state index in [4.69, 9.17) is 42.6 Å². The van der Waals surface area contributed by atoms with Crippen molar-refractivity contribution in [2.75, 3.05) is 60.4 Å². The van der Waals surface area contributed by atoms with Crippen LogP contribution in [0, 0.1) is 6.92 Å². The monoisotopic (exact) mass is 856 g/mol. The molecule has 0 radical (unpaired) electrons. The van der Waals surface area contributed by atoms with Crippen molar-refractivity contribution >= 4 is 35.1 Å². The highest BCUT2D eigenvalue weighted by atomic mass is 16.5. The lowest BCUT2D eigenvalue weighted by molar-refractivity contribution is 0.0720. The molecule has 6 aromatic rings. The summed E-state index contributed by atoms with van der Waals surface area (Å²) < 4.78 is 48.7. The van der Waals surface area contributed by atoms with Gasteiger partial charge in [0.1, 0.15) is 39.9 Å². The number of aryl methyl sites for hydroxylation is 1. The summed E-state index contributed by atoms with van der Waals surface area (Å²) in [5.41, 5.74) is 4.42. The van der Waals surface area contributed by atoms with Crippen LogP contribution in [0.2, 0.25) is 0 Å². The maximum Gasteiger partial charge on any atom is 0.347 e. The predicted molar refractivity (Wildman–Crippen MR) is 234 cm³/mol. The average Bonchev–Trinajstić information content (AvgIpc) is 3.30. The smallest absolute Gasteiger partial charge is 0.347 e. The normalized spacial score (nSPS) is 10.5. The molecule has 0 aliphatic heterocycles. The summed E-state index contributed by atoms with van der Waals surface area (Å²) in [7, 11) is 10.2. The van der Waals surface area contributed by atoms with E-state index in [0.717, 1.165) is 16.7 Å². The molecule has 6 aromatic carbocycles. The summed E-state index contributed by atoms with van der Waals surface area (Å²) in [5.74, 6) is 0.731. The number of amides is 2. The molecule has 15 nitrogen and oxygen atoms in total. The Hall–Kier alpha value is -8.20. The molecule has 15 heteroatoms. The van der Waals surface area contributed by atoms with Gasteiger partial charge < -0.3 is 53.3 Å². The molecule has 63 heavy (non-hydrogen) atoms. The summed E-state index contributed by atoms with van der Waals surface area (Å²) in [5, 5.41) is 5.78. The zero-order valence-electron chi connectivity index (χ0n) is 35.7. The number of esters is 2. The Labute approximate surface area is 363 Å². The largest absolute Gasteiger partial charge is 0.496 e. The molecule has 0 atom stereocenters. The van der Waals surface area contributed by atoms with Crippen LogP contribution in [0.25, 0.3) is 11.1 Å². The number of methoxy groups -OCH3 is 7. The minimum absolute atomic E-state index is 0.129.